The van der Waals surface area contributed by atoms with Crippen LogP contribution >= 0.6 is 0 Å². The average molecular weight is 229 g/mol. The minimum atomic E-state index is 0.554. The third kappa shape index (κ3) is 3.44. The van der Waals surface area contributed by atoms with Crippen LogP contribution in [0.25, 0.3) is 6.08 Å². The van der Waals surface area contributed by atoms with E-state index in [0.29, 0.717) is 6.04 Å². The summed E-state index contributed by atoms with van der Waals surface area (Å²) in [6, 6.07) is 7.19. The number of nitrogens with one attached hydrogen (secondary N) is 1. The SMILES string of the molecule is Cc1ccc(C)c(/C=C/C2CC(C)CCN2)c1. The van der Waals surface area contributed by atoms with Gasteiger partial charge in [-0.1, -0.05) is 42.8 Å². The van der Waals surface area contributed by atoms with Gasteiger partial charge in [-0.05, 0) is 50.3 Å². The first-order valence-electron chi connectivity index (χ1n) is 6.64. The Labute approximate surface area is 105 Å². The van der Waals surface area contributed by atoms with Crippen molar-refractivity contribution >= 4 is 6.08 Å². The van der Waals surface area contributed by atoms with Crippen LogP contribution in [0.2, 0.25) is 0 Å². The number of aryl methyl sites for hydroxylation is 2. The largest absolute Gasteiger partial charge is 0.310 e. The summed E-state index contributed by atoms with van der Waals surface area (Å²) in [4.78, 5) is 0. The maximum Gasteiger partial charge on any atom is 0.0255 e. The average Bonchev–Trinajstić information content (AvgIpc) is 2.30. The minimum Gasteiger partial charge on any atom is -0.310 e. The van der Waals surface area contributed by atoms with Gasteiger partial charge in [0.2, 0.25) is 0 Å². The van der Waals surface area contributed by atoms with Crippen molar-refractivity contribution in [3.63, 3.8) is 0 Å². The lowest BCUT2D eigenvalue weighted by Crippen LogP contribution is -2.35. The Morgan fingerprint density at radius 3 is 2.88 bits per heavy atom. The Bertz CT molecular complexity index is 406. The van der Waals surface area contributed by atoms with Gasteiger partial charge in [-0.25, -0.2) is 0 Å². The smallest absolute Gasteiger partial charge is 0.0255 e. The molecular formula is C16H23N. The van der Waals surface area contributed by atoms with E-state index in [1.165, 1.54) is 29.5 Å². The number of hydrogen-bond acceptors (Lipinski definition) is 1. The van der Waals surface area contributed by atoms with Crippen molar-refractivity contribution in [2.75, 3.05) is 6.54 Å². The van der Waals surface area contributed by atoms with E-state index in [4.69, 9.17) is 0 Å². The molecule has 0 amide bonds. The third-order valence-electron chi connectivity index (χ3n) is 3.64. The molecule has 1 aliphatic heterocycles. The van der Waals surface area contributed by atoms with Crippen molar-refractivity contribution < 1.29 is 0 Å². The first-order chi connectivity index (χ1) is 8.15. The van der Waals surface area contributed by atoms with Gasteiger partial charge in [0.05, 0.1) is 0 Å². The van der Waals surface area contributed by atoms with Crippen molar-refractivity contribution in [1.82, 2.24) is 5.32 Å². The summed E-state index contributed by atoms with van der Waals surface area (Å²) in [5, 5.41) is 3.57. The summed E-state index contributed by atoms with van der Waals surface area (Å²) in [5.41, 5.74) is 4.04. The molecule has 17 heavy (non-hydrogen) atoms. The fourth-order valence-electron chi connectivity index (χ4n) is 2.46. The molecule has 1 heterocycles. The second-order valence-electron chi connectivity index (χ2n) is 5.41. The molecule has 0 radical (unpaired) electrons. The lowest BCUT2D eigenvalue weighted by molar-refractivity contribution is 0.357. The second-order valence-corrected chi connectivity index (χ2v) is 5.41. The number of hydrogen-bond donors (Lipinski definition) is 1. The molecule has 92 valence electrons. The lowest BCUT2D eigenvalue weighted by atomic mass is 9.93. The molecule has 0 saturated carbocycles. The van der Waals surface area contributed by atoms with Crippen LogP contribution in [0.4, 0.5) is 0 Å². The van der Waals surface area contributed by atoms with Crippen molar-refractivity contribution in [3.05, 3.63) is 41.0 Å². The van der Waals surface area contributed by atoms with Crippen LogP contribution in [0, 0.1) is 19.8 Å². The highest BCUT2D eigenvalue weighted by atomic mass is 14.9. The summed E-state index contributed by atoms with van der Waals surface area (Å²) >= 11 is 0. The Morgan fingerprint density at radius 1 is 1.29 bits per heavy atom. The molecule has 0 spiro atoms. The summed E-state index contributed by atoms with van der Waals surface area (Å²) < 4.78 is 0. The van der Waals surface area contributed by atoms with Gasteiger partial charge in [0.1, 0.15) is 0 Å². The van der Waals surface area contributed by atoms with Crippen molar-refractivity contribution in [2.45, 2.75) is 39.7 Å². The molecule has 1 aromatic rings. The lowest BCUT2D eigenvalue weighted by Gasteiger charge is -2.25. The molecule has 0 aromatic heterocycles. The zero-order valence-electron chi connectivity index (χ0n) is 11.2. The van der Waals surface area contributed by atoms with Crippen molar-refractivity contribution in [1.29, 1.82) is 0 Å². The minimum absolute atomic E-state index is 0.554. The molecule has 1 aliphatic rings. The first-order valence-corrected chi connectivity index (χ1v) is 6.64. The van der Waals surface area contributed by atoms with E-state index in [2.05, 4.69) is 56.4 Å². The van der Waals surface area contributed by atoms with Crippen molar-refractivity contribution in [3.8, 4) is 0 Å². The molecule has 1 heteroatoms. The van der Waals surface area contributed by atoms with Gasteiger partial charge >= 0.3 is 0 Å². The number of rotatable bonds is 2. The van der Waals surface area contributed by atoms with Gasteiger partial charge in [-0.2, -0.15) is 0 Å². The molecule has 1 nitrogen and oxygen atoms in total. The zero-order valence-corrected chi connectivity index (χ0v) is 11.2. The highest BCUT2D eigenvalue weighted by molar-refractivity contribution is 5.55. The van der Waals surface area contributed by atoms with Crippen LogP contribution in [0.5, 0.6) is 0 Å². The molecule has 1 fully saturated rings. The van der Waals surface area contributed by atoms with Crippen LogP contribution in [-0.4, -0.2) is 12.6 Å². The monoisotopic (exact) mass is 229 g/mol. The Morgan fingerprint density at radius 2 is 2.12 bits per heavy atom. The van der Waals surface area contributed by atoms with Gasteiger partial charge in [-0.3, -0.25) is 0 Å². The predicted octanol–water partition coefficient (Wildman–Crippen LogP) is 3.70. The highest BCUT2D eigenvalue weighted by Gasteiger charge is 2.15. The van der Waals surface area contributed by atoms with Crippen LogP contribution in [0.1, 0.15) is 36.5 Å². The Hall–Kier alpha value is -1.08. The summed E-state index contributed by atoms with van der Waals surface area (Å²) in [6.07, 6.45) is 7.19. The second kappa shape index (κ2) is 5.50. The molecule has 1 saturated heterocycles. The van der Waals surface area contributed by atoms with E-state index >= 15 is 0 Å². The molecule has 2 unspecified atom stereocenters. The maximum absolute atomic E-state index is 3.57. The highest BCUT2D eigenvalue weighted by Crippen LogP contribution is 2.18. The Balaban J connectivity index is 2.06. The van der Waals surface area contributed by atoms with Crippen LogP contribution in [0.3, 0.4) is 0 Å². The van der Waals surface area contributed by atoms with Gasteiger partial charge in [-0.15, -0.1) is 0 Å². The number of benzene rings is 1. The molecule has 0 aliphatic carbocycles. The van der Waals surface area contributed by atoms with Gasteiger partial charge in [0.25, 0.3) is 0 Å². The normalized spacial score (nSPS) is 25.4. The maximum atomic E-state index is 3.57. The van der Waals surface area contributed by atoms with Crippen LogP contribution in [0.15, 0.2) is 24.3 Å². The molecule has 2 atom stereocenters. The molecule has 1 N–H and O–H groups in total. The molecule has 2 rings (SSSR count). The van der Waals surface area contributed by atoms with E-state index < -0.39 is 0 Å². The van der Waals surface area contributed by atoms with E-state index in [0.717, 1.165) is 12.5 Å². The summed E-state index contributed by atoms with van der Waals surface area (Å²) in [5.74, 6) is 0.851. The standard InChI is InChI=1S/C16H23N/c1-12-4-5-14(3)15(10-12)6-7-16-11-13(2)8-9-17-16/h4-7,10,13,16-17H,8-9,11H2,1-3H3/b7-6+. The summed E-state index contributed by atoms with van der Waals surface area (Å²) in [7, 11) is 0. The van der Waals surface area contributed by atoms with Gasteiger partial charge < -0.3 is 5.32 Å². The molecule has 1 aromatic carbocycles. The van der Waals surface area contributed by atoms with Crippen LogP contribution in [-0.2, 0) is 0 Å². The number of piperidine rings is 1. The fraction of sp³-hybridized carbons (Fsp3) is 0.500. The van der Waals surface area contributed by atoms with Crippen LogP contribution < -0.4 is 5.32 Å². The predicted molar refractivity (Wildman–Crippen MR) is 75.1 cm³/mol. The molecular weight excluding hydrogens is 206 g/mol. The zero-order chi connectivity index (χ0) is 12.3. The third-order valence-corrected chi connectivity index (χ3v) is 3.64. The first kappa shape index (κ1) is 12.4. The van der Waals surface area contributed by atoms with E-state index in [1.54, 1.807) is 0 Å². The fourth-order valence-corrected chi connectivity index (χ4v) is 2.46. The topological polar surface area (TPSA) is 12.0 Å². The van der Waals surface area contributed by atoms with Gasteiger partial charge in [0.15, 0.2) is 0 Å². The summed E-state index contributed by atoms with van der Waals surface area (Å²) in [6.45, 7) is 7.83. The van der Waals surface area contributed by atoms with E-state index in [-0.39, 0.29) is 0 Å². The quantitative estimate of drug-likeness (QED) is 0.815. The Kier molecular flexibility index (Phi) is 4.01. The van der Waals surface area contributed by atoms with Crippen molar-refractivity contribution in [2.24, 2.45) is 5.92 Å². The van der Waals surface area contributed by atoms with E-state index in [9.17, 15) is 0 Å². The van der Waals surface area contributed by atoms with Gasteiger partial charge in [0, 0.05) is 6.04 Å². The molecule has 0 bridgehead atoms. The van der Waals surface area contributed by atoms with E-state index in [1.807, 2.05) is 0 Å².